The van der Waals surface area contributed by atoms with Crippen molar-refractivity contribution in [1.82, 2.24) is 14.9 Å². The van der Waals surface area contributed by atoms with E-state index >= 15 is 0 Å². The fourth-order valence-corrected chi connectivity index (χ4v) is 4.89. The van der Waals surface area contributed by atoms with Crippen LogP contribution >= 0.6 is 0 Å². The summed E-state index contributed by atoms with van der Waals surface area (Å²) < 4.78 is 48.2. The Kier molecular flexibility index (Phi) is 7.27. The van der Waals surface area contributed by atoms with Crippen LogP contribution in [0.5, 0.6) is 11.5 Å². The number of amides is 1. The molecule has 1 aliphatic rings. The minimum atomic E-state index is -4.77. The molecule has 0 N–H and O–H groups in total. The Hall–Kier alpha value is -3.10. The summed E-state index contributed by atoms with van der Waals surface area (Å²) in [6.45, 7) is 0.486. The van der Waals surface area contributed by atoms with Gasteiger partial charge in [0.2, 0.25) is 0 Å². The van der Waals surface area contributed by atoms with Crippen LogP contribution in [0.15, 0.2) is 24.3 Å². The van der Waals surface area contributed by atoms with Crippen molar-refractivity contribution in [3.63, 3.8) is 0 Å². The Morgan fingerprint density at radius 2 is 1.47 bits per heavy atom. The highest BCUT2D eigenvalue weighted by molar-refractivity contribution is 6.57. The molecule has 0 aliphatic carbocycles. The van der Waals surface area contributed by atoms with E-state index in [0.29, 0.717) is 28.2 Å². The van der Waals surface area contributed by atoms with Crippen LogP contribution in [0.4, 0.5) is 13.2 Å². The quantitative estimate of drug-likeness (QED) is 0.327. The summed E-state index contributed by atoms with van der Waals surface area (Å²) in [5.41, 5.74) is 7.02. The number of nitrogens with zero attached hydrogens (tertiary/aromatic N) is 3. The molecule has 0 saturated heterocycles. The largest absolute Gasteiger partial charge is 0.573 e. The Morgan fingerprint density at radius 3 is 2.03 bits per heavy atom. The average molecular weight is 510 g/mol. The normalized spacial score (nSPS) is 14.9. The minimum Gasteiger partial charge on any atom is -0.493 e. The lowest BCUT2D eigenvalue weighted by atomic mass is 9.61. The predicted molar refractivity (Wildman–Crippen MR) is 165 cm³/mol. The Balaban J connectivity index is 1.82. The molecule has 0 fully saturated rings. The number of hydrogen-bond donors (Lipinski definition) is 0. The second kappa shape index (κ2) is 9.89. The van der Waals surface area contributed by atoms with Gasteiger partial charge in [0.1, 0.15) is 64.4 Å². The summed E-state index contributed by atoms with van der Waals surface area (Å²) in [6.07, 6.45) is -4.77. The number of carbonyl (C=O) groups excluding carboxylic acids is 1. The van der Waals surface area contributed by atoms with Gasteiger partial charge in [0.15, 0.2) is 15.7 Å². The number of rotatable bonds is 4. The smallest absolute Gasteiger partial charge is 0.493 e. The zero-order chi connectivity index (χ0) is 28.2. The van der Waals surface area contributed by atoms with E-state index < -0.39 is 11.7 Å². The molecular weight excluding hydrogens is 486 g/mol. The van der Waals surface area contributed by atoms with Crippen molar-refractivity contribution in [2.75, 3.05) is 6.61 Å². The summed E-state index contributed by atoms with van der Waals surface area (Å²) in [4.78, 5) is 25.2. The third kappa shape index (κ3) is 5.24. The minimum absolute atomic E-state index is 0.208. The van der Waals surface area contributed by atoms with E-state index in [4.69, 9.17) is 4.74 Å². The summed E-state index contributed by atoms with van der Waals surface area (Å²) in [7, 11) is 15.4. The van der Waals surface area contributed by atoms with Gasteiger partial charge >= 0.3 is 6.36 Å². The molecule has 1 aliphatic heterocycles. The maximum Gasteiger partial charge on any atom is 0.573 e. The third-order valence-electron chi connectivity index (χ3n) is 7.37. The molecule has 3 aromatic rings. The van der Waals surface area contributed by atoms with Crippen molar-refractivity contribution in [2.45, 2.75) is 18.2 Å². The van der Waals surface area contributed by atoms with E-state index in [2.05, 4.69) is 14.7 Å². The SMILES string of the molecule is Bc1nc(CN2C(=O)c3c(B)c(-c4ccc(OC(F)(F)F)cc4)c(B)c(B)c3OCC2(B)B)nc(B)c1B. The molecule has 0 saturated carbocycles. The first-order chi connectivity index (χ1) is 17.6. The van der Waals surface area contributed by atoms with E-state index in [1.807, 2.05) is 62.8 Å². The fourth-order valence-electron chi connectivity index (χ4n) is 4.89. The van der Waals surface area contributed by atoms with Crippen LogP contribution < -0.4 is 42.5 Å². The zero-order valence-electron chi connectivity index (χ0n) is 22.9. The fraction of sp³-hybridized carbons (Fsp3) is 0.190. The van der Waals surface area contributed by atoms with E-state index in [1.54, 1.807) is 17.0 Å². The number of aromatic nitrogens is 2. The number of halogens is 3. The summed E-state index contributed by atoms with van der Waals surface area (Å²) >= 11 is 0. The molecule has 0 unspecified atom stereocenters. The highest BCUT2D eigenvalue weighted by atomic mass is 19.4. The zero-order valence-corrected chi connectivity index (χ0v) is 22.9. The maximum absolute atomic E-state index is 14.2. The van der Waals surface area contributed by atoms with E-state index in [1.165, 1.54) is 12.1 Å². The van der Waals surface area contributed by atoms with Crippen LogP contribution in [0.25, 0.3) is 11.1 Å². The molecule has 1 amide bonds. The van der Waals surface area contributed by atoms with Crippen molar-refractivity contribution < 1.29 is 27.4 Å². The molecule has 2 aromatic carbocycles. The van der Waals surface area contributed by atoms with Crippen molar-refractivity contribution in [1.29, 1.82) is 0 Å². The van der Waals surface area contributed by atoms with Gasteiger partial charge in [-0.25, -0.2) is 9.97 Å². The number of fused-ring (bicyclic) bond motifs is 1. The van der Waals surface area contributed by atoms with Crippen LogP contribution in [0.2, 0.25) is 0 Å². The van der Waals surface area contributed by atoms with Gasteiger partial charge in [-0.15, -0.1) is 13.2 Å². The number of ether oxygens (including phenoxy) is 2. The lowest BCUT2D eigenvalue weighted by molar-refractivity contribution is -0.274. The lowest BCUT2D eigenvalue weighted by Crippen LogP contribution is -2.56. The second-order valence-corrected chi connectivity index (χ2v) is 10.5. The van der Waals surface area contributed by atoms with Crippen LogP contribution in [-0.4, -0.2) is 102 Å². The monoisotopic (exact) mass is 511 g/mol. The molecule has 2 heterocycles. The molecule has 0 atom stereocenters. The summed E-state index contributed by atoms with van der Waals surface area (Å²) in [6, 6.07) is 5.68. The summed E-state index contributed by atoms with van der Waals surface area (Å²) in [5, 5.41) is -0.657. The first kappa shape index (κ1) is 27.9. The molecule has 0 bridgehead atoms. The van der Waals surface area contributed by atoms with Crippen LogP contribution in [-0.2, 0) is 6.54 Å². The number of hydrogen-bond acceptors (Lipinski definition) is 5. The molecule has 0 radical (unpaired) electrons. The highest BCUT2D eigenvalue weighted by Crippen LogP contribution is 2.30. The van der Waals surface area contributed by atoms with E-state index in [9.17, 15) is 18.0 Å². The van der Waals surface area contributed by atoms with Crippen molar-refractivity contribution in [3.05, 3.63) is 35.7 Å². The predicted octanol–water partition coefficient (Wildman–Crippen LogP) is -8.45. The van der Waals surface area contributed by atoms with E-state index in [0.717, 1.165) is 33.1 Å². The Labute approximate surface area is 227 Å². The molecule has 17 heteroatoms. The van der Waals surface area contributed by atoms with Gasteiger partial charge in [0.05, 0.1) is 18.7 Å². The molecule has 186 valence electrons. The molecular formula is C21H24B8F3N3O3. The molecule has 6 nitrogen and oxygen atoms in total. The van der Waals surface area contributed by atoms with Gasteiger partial charge < -0.3 is 14.4 Å². The van der Waals surface area contributed by atoms with Crippen LogP contribution in [0, 0.1) is 0 Å². The first-order valence-electron chi connectivity index (χ1n) is 12.4. The average Bonchev–Trinajstić information content (AvgIpc) is 2.91. The highest BCUT2D eigenvalue weighted by Gasteiger charge is 2.39. The van der Waals surface area contributed by atoms with Gasteiger partial charge in [-0.3, -0.25) is 4.79 Å². The van der Waals surface area contributed by atoms with Gasteiger partial charge in [-0.1, -0.05) is 34.0 Å². The number of benzene rings is 2. The maximum atomic E-state index is 14.2. The van der Waals surface area contributed by atoms with Crippen molar-refractivity contribution in [3.8, 4) is 22.6 Å². The van der Waals surface area contributed by atoms with Crippen molar-refractivity contribution >= 4 is 102 Å². The molecule has 38 heavy (non-hydrogen) atoms. The van der Waals surface area contributed by atoms with Crippen LogP contribution in [0.1, 0.15) is 16.2 Å². The van der Waals surface area contributed by atoms with Crippen LogP contribution in [0.3, 0.4) is 0 Å². The van der Waals surface area contributed by atoms with Crippen molar-refractivity contribution in [2.24, 2.45) is 0 Å². The molecule has 1 aromatic heterocycles. The lowest BCUT2D eigenvalue weighted by Gasteiger charge is -2.36. The number of carbonyl (C=O) groups is 1. The molecule has 4 rings (SSSR count). The second-order valence-electron chi connectivity index (χ2n) is 10.5. The summed E-state index contributed by atoms with van der Waals surface area (Å²) in [5.74, 6) is 0.566. The third-order valence-corrected chi connectivity index (χ3v) is 7.37. The Bertz CT molecular complexity index is 1420. The number of alkyl halides is 3. The van der Waals surface area contributed by atoms with Gasteiger partial charge in [-0.05, 0) is 34.4 Å². The first-order valence-corrected chi connectivity index (χ1v) is 12.4. The standard InChI is InChI=1S/C21H24B8F3N3O3/c22-12-10(7-1-3-8(4-2-7)38-21(30,31)32)13(23)14(24)16-11(12)19(36)35(20(28,29)6-37-16)5-9-33-17(26)15(25)18(27)34-9/h1-4H,5-6,22-29H2. The molecule has 0 spiro atoms. The van der Waals surface area contributed by atoms with E-state index in [-0.39, 0.29) is 24.8 Å². The van der Waals surface area contributed by atoms with Gasteiger partial charge in [-0.2, -0.15) is 0 Å². The topological polar surface area (TPSA) is 64.6 Å². The van der Waals surface area contributed by atoms with Gasteiger partial charge in [0.25, 0.3) is 5.91 Å². The van der Waals surface area contributed by atoms with Gasteiger partial charge in [0, 0.05) is 5.34 Å². The Morgan fingerprint density at radius 1 is 0.895 bits per heavy atom.